The Bertz CT molecular complexity index is 856. The molecule has 0 spiro atoms. The van der Waals surface area contributed by atoms with Crippen molar-refractivity contribution in [2.24, 2.45) is 0 Å². The lowest BCUT2D eigenvalue weighted by Gasteiger charge is -2.09. The van der Waals surface area contributed by atoms with E-state index in [-0.39, 0.29) is 11.6 Å². The molecule has 0 radical (unpaired) electrons. The molecular weight excluding hydrogens is 334 g/mol. The van der Waals surface area contributed by atoms with Gasteiger partial charge in [0.2, 0.25) is 5.88 Å². The second kappa shape index (κ2) is 8.30. The first-order valence-corrected chi connectivity index (χ1v) is 8.92. The summed E-state index contributed by atoms with van der Waals surface area (Å²) in [5.74, 6) is 0.0654. The molecule has 126 valence electrons. The zero-order chi connectivity index (χ0) is 17.5. The molecule has 1 aromatic heterocycles. The van der Waals surface area contributed by atoms with Crippen molar-refractivity contribution in [2.75, 3.05) is 11.6 Å². The van der Waals surface area contributed by atoms with Crippen molar-refractivity contribution in [2.45, 2.75) is 11.5 Å². The highest BCUT2D eigenvalue weighted by Crippen LogP contribution is 2.25. The Kier molecular flexibility index (Phi) is 5.64. The van der Waals surface area contributed by atoms with Crippen LogP contribution in [-0.4, -0.2) is 22.1 Å². The maximum Gasteiger partial charge on any atom is 0.274 e. The van der Waals surface area contributed by atoms with Gasteiger partial charge in [0, 0.05) is 11.0 Å². The van der Waals surface area contributed by atoms with Gasteiger partial charge in [-0.05, 0) is 24.0 Å². The fraction of sp³-hybridized carbons (Fsp3) is 0.105. The van der Waals surface area contributed by atoms with E-state index in [1.807, 2.05) is 60.9 Å². The average Bonchev–Trinajstić information content (AvgIpc) is 2.68. The number of aromatic nitrogens is 2. The predicted octanol–water partition coefficient (Wildman–Crippen LogP) is 4.03. The van der Waals surface area contributed by atoms with Gasteiger partial charge in [0.05, 0.1) is 5.69 Å². The number of carbonyl (C=O) groups excluding carboxylic acids is 1. The summed E-state index contributed by atoms with van der Waals surface area (Å²) < 4.78 is 5.64. The first kappa shape index (κ1) is 17.0. The molecule has 3 rings (SSSR count). The van der Waals surface area contributed by atoms with E-state index >= 15 is 0 Å². The van der Waals surface area contributed by atoms with Crippen LogP contribution < -0.4 is 10.1 Å². The molecule has 1 heterocycles. The minimum Gasteiger partial charge on any atom is -0.473 e. The summed E-state index contributed by atoms with van der Waals surface area (Å²) in [6, 6.07) is 18.9. The maximum absolute atomic E-state index is 12.4. The number of para-hydroxylation sites is 1. The second-order valence-electron chi connectivity index (χ2n) is 5.17. The topological polar surface area (TPSA) is 64.1 Å². The normalized spacial score (nSPS) is 10.3. The average molecular weight is 351 g/mol. The lowest BCUT2D eigenvalue weighted by molar-refractivity contribution is 0.102. The van der Waals surface area contributed by atoms with Gasteiger partial charge >= 0.3 is 0 Å². The smallest absolute Gasteiger partial charge is 0.274 e. The SMILES string of the molecule is CSc1ccccc1NC(=O)c1cc(OCc2ccccc2)ncn1. The van der Waals surface area contributed by atoms with E-state index < -0.39 is 0 Å². The van der Waals surface area contributed by atoms with Crippen LogP contribution >= 0.6 is 11.8 Å². The number of nitrogens with one attached hydrogen (secondary N) is 1. The number of ether oxygens (including phenoxy) is 1. The number of nitrogens with zero attached hydrogens (tertiary/aromatic N) is 2. The van der Waals surface area contributed by atoms with Crippen LogP contribution in [0.3, 0.4) is 0 Å². The fourth-order valence-corrected chi connectivity index (χ4v) is 2.76. The molecule has 5 nitrogen and oxygen atoms in total. The van der Waals surface area contributed by atoms with Crippen LogP contribution in [0.15, 0.2) is 71.9 Å². The largest absolute Gasteiger partial charge is 0.473 e. The van der Waals surface area contributed by atoms with Gasteiger partial charge in [0.15, 0.2) is 0 Å². The first-order chi connectivity index (χ1) is 12.3. The van der Waals surface area contributed by atoms with E-state index in [9.17, 15) is 4.79 Å². The maximum atomic E-state index is 12.4. The molecule has 0 unspecified atom stereocenters. The minimum absolute atomic E-state index is 0.258. The Balaban J connectivity index is 1.69. The Morgan fingerprint density at radius 1 is 1.08 bits per heavy atom. The molecule has 0 saturated carbocycles. The molecule has 1 N–H and O–H groups in total. The van der Waals surface area contributed by atoms with Crippen LogP contribution in [0.1, 0.15) is 16.1 Å². The van der Waals surface area contributed by atoms with Crippen molar-refractivity contribution in [3.8, 4) is 5.88 Å². The number of benzene rings is 2. The van der Waals surface area contributed by atoms with Gasteiger partial charge in [0.1, 0.15) is 18.6 Å². The number of thioether (sulfide) groups is 1. The van der Waals surface area contributed by atoms with Crippen molar-refractivity contribution in [1.82, 2.24) is 9.97 Å². The molecule has 0 fully saturated rings. The molecule has 6 heteroatoms. The Morgan fingerprint density at radius 2 is 1.84 bits per heavy atom. The quantitative estimate of drug-likeness (QED) is 0.679. The predicted molar refractivity (Wildman–Crippen MR) is 99.0 cm³/mol. The van der Waals surface area contributed by atoms with Crippen molar-refractivity contribution >= 4 is 23.4 Å². The zero-order valence-corrected chi connectivity index (χ0v) is 14.5. The van der Waals surface area contributed by atoms with Gasteiger partial charge in [-0.2, -0.15) is 0 Å². The van der Waals surface area contributed by atoms with E-state index in [1.165, 1.54) is 6.33 Å². The molecule has 2 aromatic carbocycles. The summed E-state index contributed by atoms with van der Waals surface area (Å²) in [5, 5.41) is 2.87. The van der Waals surface area contributed by atoms with E-state index in [1.54, 1.807) is 17.8 Å². The van der Waals surface area contributed by atoms with Gasteiger partial charge in [-0.15, -0.1) is 11.8 Å². The van der Waals surface area contributed by atoms with Gasteiger partial charge in [-0.3, -0.25) is 4.79 Å². The van der Waals surface area contributed by atoms with Crippen LogP contribution in [0.5, 0.6) is 5.88 Å². The summed E-state index contributed by atoms with van der Waals surface area (Å²) in [5.41, 5.74) is 2.04. The third kappa shape index (κ3) is 4.58. The summed E-state index contributed by atoms with van der Waals surface area (Å²) in [7, 11) is 0. The Labute approximate surface area is 150 Å². The lowest BCUT2D eigenvalue weighted by Crippen LogP contribution is -2.14. The van der Waals surface area contributed by atoms with Crippen molar-refractivity contribution in [1.29, 1.82) is 0 Å². The number of anilines is 1. The molecule has 0 atom stereocenters. The standard InChI is InChI=1S/C19H17N3O2S/c1-25-17-10-6-5-9-15(17)22-19(23)16-11-18(21-13-20-16)24-12-14-7-3-2-4-8-14/h2-11,13H,12H2,1H3,(H,22,23). The van der Waals surface area contributed by atoms with Gasteiger partial charge in [-0.1, -0.05) is 42.5 Å². The van der Waals surface area contributed by atoms with Gasteiger partial charge < -0.3 is 10.1 Å². The number of rotatable bonds is 6. The number of hydrogen-bond acceptors (Lipinski definition) is 5. The number of hydrogen-bond donors (Lipinski definition) is 1. The first-order valence-electron chi connectivity index (χ1n) is 7.69. The highest BCUT2D eigenvalue weighted by Gasteiger charge is 2.11. The number of carbonyl (C=O) groups is 1. The summed E-state index contributed by atoms with van der Waals surface area (Å²) in [6.45, 7) is 0.383. The van der Waals surface area contributed by atoms with Crippen molar-refractivity contribution < 1.29 is 9.53 Å². The third-order valence-electron chi connectivity index (χ3n) is 3.46. The molecule has 25 heavy (non-hydrogen) atoms. The molecule has 1 amide bonds. The Hall–Kier alpha value is -2.86. The van der Waals surface area contributed by atoms with E-state index in [4.69, 9.17) is 4.74 Å². The number of amides is 1. The van der Waals surface area contributed by atoms with Gasteiger partial charge in [-0.25, -0.2) is 9.97 Å². The van der Waals surface area contributed by atoms with E-state index in [0.29, 0.717) is 12.5 Å². The molecule has 3 aromatic rings. The highest BCUT2D eigenvalue weighted by atomic mass is 32.2. The van der Waals surface area contributed by atoms with E-state index in [0.717, 1.165) is 16.1 Å². The zero-order valence-electron chi connectivity index (χ0n) is 13.7. The summed E-state index contributed by atoms with van der Waals surface area (Å²) in [6.07, 6.45) is 3.29. The van der Waals surface area contributed by atoms with Crippen LogP contribution in [0.2, 0.25) is 0 Å². The van der Waals surface area contributed by atoms with Crippen LogP contribution in [0.25, 0.3) is 0 Å². The van der Waals surface area contributed by atoms with E-state index in [2.05, 4.69) is 15.3 Å². The Morgan fingerprint density at radius 3 is 2.64 bits per heavy atom. The van der Waals surface area contributed by atoms with Gasteiger partial charge in [0.25, 0.3) is 5.91 Å². The molecule has 0 aliphatic heterocycles. The summed E-state index contributed by atoms with van der Waals surface area (Å²) in [4.78, 5) is 21.5. The van der Waals surface area contributed by atoms with Crippen LogP contribution in [0, 0.1) is 0 Å². The fourth-order valence-electron chi connectivity index (χ4n) is 2.21. The van der Waals surface area contributed by atoms with Crippen molar-refractivity contribution in [3.63, 3.8) is 0 Å². The van der Waals surface area contributed by atoms with Crippen LogP contribution in [0.4, 0.5) is 5.69 Å². The lowest BCUT2D eigenvalue weighted by atomic mass is 10.2. The van der Waals surface area contributed by atoms with Crippen molar-refractivity contribution in [3.05, 3.63) is 78.2 Å². The second-order valence-corrected chi connectivity index (χ2v) is 6.02. The molecular formula is C19H17N3O2S. The minimum atomic E-state index is -0.298. The highest BCUT2D eigenvalue weighted by molar-refractivity contribution is 7.98. The van der Waals surface area contributed by atoms with Crippen LogP contribution in [-0.2, 0) is 6.61 Å². The molecule has 0 saturated heterocycles. The molecule has 0 aliphatic rings. The molecule has 0 aliphatic carbocycles. The molecule has 0 bridgehead atoms. The third-order valence-corrected chi connectivity index (χ3v) is 4.26. The summed E-state index contributed by atoms with van der Waals surface area (Å²) >= 11 is 1.57. The monoisotopic (exact) mass is 351 g/mol.